The molecule has 0 spiro atoms. The summed E-state index contributed by atoms with van der Waals surface area (Å²) < 4.78 is 5.36. The van der Waals surface area contributed by atoms with E-state index in [9.17, 15) is 4.79 Å². The molecule has 1 amide bonds. The fourth-order valence-corrected chi connectivity index (χ4v) is 3.00. The van der Waals surface area contributed by atoms with Crippen molar-refractivity contribution in [1.82, 2.24) is 15.1 Å². The molecule has 0 saturated heterocycles. The van der Waals surface area contributed by atoms with Crippen molar-refractivity contribution in [3.05, 3.63) is 36.0 Å². The second-order valence-electron chi connectivity index (χ2n) is 4.62. The quantitative estimate of drug-likeness (QED) is 0.798. The van der Waals surface area contributed by atoms with Gasteiger partial charge in [0.15, 0.2) is 5.13 Å². The van der Waals surface area contributed by atoms with E-state index in [1.165, 1.54) is 18.3 Å². The van der Waals surface area contributed by atoms with Crippen molar-refractivity contribution in [3.8, 4) is 22.2 Å². The topological polar surface area (TPSA) is 80.9 Å². The molecule has 2 heterocycles. The summed E-state index contributed by atoms with van der Waals surface area (Å²) in [7, 11) is 0. The summed E-state index contributed by atoms with van der Waals surface area (Å²) in [4.78, 5) is 20.8. The number of anilines is 1. The molecule has 0 bridgehead atoms. The van der Waals surface area contributed by atoms with Crippen molar-refractivity contribution < 1.29 is 9.32 Å². The minimum absolute atomic E-state index is 0.154. The van der Waals surface area contributed by atoms with Crippen LogP contribution in [0.4, 0.5) is 5.13 Å². The summed E-state index contributed by atoms with van der Waals surface area (Å²) in [6.45, 7) is 3.44. The zero-order valence-electron chi connectivity index (χ0n) is 12.2. The maximum absolute atomic E-state index is 11.2. The molecule has 0 aliphatic carbocycles. The average molecular weight is 314 g/mol. The van der Waals surface area contributed by atoms with E-state index in [4.69, 9.17) is 4.52 Å². The number of hydrogen-bond acceptors (Lipinski definition) is 6. The van der Waals surface area contributed by atoms with Crippen LogP contribution in [-0.4, -0.2) is 21.0 Å². The van der Waals surface area contributed by atoms with Crippen LogP contribution in [0.3, 0.4) is 0 Å². The minimum atomic E-state index is -0.154. The highest BCUT2D eigenvalue weighted by atomic mass is 32.1. The zero-order chi connectivity index (χ0) is 15.5. The number of carbonyl (C=O) groups is 1. The van der Waals surface area contributed by atoms with Gasteiger partial charge in [0.25, 0.3) is 5.89 Å². The van der Waals surface area contributed by atoms with Crippen molar-refractivity contribution in [1.29, 1.82) is 0 Å². The molecule has 0 aliphatic heterocycles. The van der Waals surface area contributed by atoms with E-state index < -0.39 is 0 Å². The number of rotatable bonds is 4. The second-order valence-corrected chi connectivity index (χ2v) is 5.62. The van der Waals surface area contributed by atoms with E-state index >= 15 is 0 Å². The second kappa shape index (κ2) is 6.07. The molecule has 0 unspecified atom stereocenters. The van der Waals surface area contributed by atoms with E-state index in [0.717, 1.165) is 16.1 Å². The molecule has 2 aromatic heterocycles. The van der Waals surface area contributed by atoms with Crippen molar-refractivity contribution in [2.45, 2.75) is 20.3 Å². The maximum Gasteiger partial charge on any atom is 0.270 e. The van der Waals surface area contributed by atoms with Gasteiger partial charge in [-0.05, 0) is 6.42 Å². The predicted octanol–water partition coefficient (Wildman–Crippen LogP) is 3.38. The van der Waals surface area contributed by atoms with Gasteiger partial charge in [0, 0.05) is 12.5 Å². The highest BCUT2D eigenvalue weighted by Crippen LogP contribution is 2.33. The molecule has 1 N–H and O–H groups in total. The standard InChI is InChI=1S/C15H14N4O2S/c1-3-11-12(22-15(17-11)16-9(2)20)14-18-13(19-21-14)10-7-5-4-6-8-10/h4-8H,3H2,1-2H3,(H,16,17,20). The van der Waals surface area contributed by atoms with Gasteiger partial charge >= 0.3 is 0 Å². The Morgan fingerprint density at radius 2 is 2.05 bits per heavy atom. The number of aryl methyl sites for hydroxylation is 1. The van der Waals surface area contributed by atoms with Crippen LogP contribution < -0.4 is 5.32 Å². The molecule has 1 aromatic carbocycles. The van der Waals surface area contributed by atoms with Crippen LogP contribution in [0.1, 0.15) is 19.5 Å². The van der Waals surface area contributed by atoms with Crippen LogP contribution in [0.5, 0.6) is 0 Å². The van der Waals surface area contributed by atoms with E-state index in [2.05, 4.69) is 20.4 Å². The first-order valence-electron chi connectivity index (χ1n) is 6.84. The van der Waals surface area contributed by atoms with Crippen LogP contribution in [0.2, 0.25) is 0 Å². The lowest BCUT2D eigenvalue weighted by Gasteiger charge is -1.92. The normalized spacial score (nSPS) is 10.6. The number of nitrogens with one attached hydrogen (secondary N) is 1. The van der Waals surface area contributed by atoms with Gasteiger partial charge in [-0.3, -0.25) is 4.79 Å². The molecule has 0 aliphatic rings. The molecule has 22 heavy (non-hydrogen) atoms. The largest absolute Gasteiger partial charge is 0.333 e. The minimum Gasteiger partial charge on any atom is -0.333 e. The van der Waals surface area contributed by atoms with E-state index in [1.807, 2.05) is 37.3 Å². The Balaban J connectivity index is 1.96. The first-order chi connectivity index (χ1) is 10.7. The molecule has 3 rings (SSSR count). The summed E-state index contributed by atoms with van der Waals surface area (Å²) >= 11 is 1.33. The van der Waals surface area contributed by atoms with Crippen LogP contribution in [-0.2, 0) is 11.2 Å². The Bertz CT molecular complexity index is 795. The monoisotopic (exact) mass is 314 g/mol. The molecule has 0 radical (unpaired) electrons. The van der Waals surface area contributed by atoms with Crippen molar-refractivity contribution in [3.63, 3.8) is 0 Å². The molecule has 0 saturated carbocycles. The SMILES string of the molecule is CCc1nc(NC(C)=O)sc1-c1nc(-c2ccccc2)no1. The predicted molar refractivity (Wildman–Crippen MR) is 84.5 cm³/mol. The molecule has 0 fully saturated rings. The van der Waals surface area contributed by atoms with Gasteiger partial charge < -0.3 is 9.84 Å². The number of aromatic nitrogens is 3. The van der Waals surface area contributed by atoms with Gasteiger partial charge in [0.05, 0.1) is 5.69 Å². The Morgan fingerprint density at radius 1 is 1.27 bits per heavy atom. The Morgan fingerprint density at radius 3 is 2.73 bits per heavy atom. The first-order valence-corrected chi connectivity index (χ1v) is 7.65. The summed E-state index contributed by atoms with van der Waals surface area (Å²) in [5.74, 6) is 0.801. The van der Waals surface area contributed by atoms with Crippen molar-refractivity contribution in [2.75, 3.05) is 5.32 Å². The van der Waals surface area contributed by atoms with Gasteiger partial charge in [-0.1, -0.05) is 53.7 Å². The summed E-state index contributed by atoms with van der Waals surface area (Å²) in [5, 5.41) is 7.24. The van der Waals surface area contributed by atoms with Crippen LogP contribution >= 0.6 is 11.3 Å². The number of hydrogen-bond donors (Lipinski definition) is 1. The molecule has 112 valence electrons. The van der Waals surface area contributed by atoms with Crippen LogP contribution in [0.25, 0.3) is 22.2 Å². The van der Waals surface area contributed by atoms with E-state index in [0.29, 0.717) is 23.3 Å². The van der Waals surface area contributed by atoms with E-state index in [-0.39, 0.29) is 5.91 Å². The highest BCUT2D eigenvalue weighted by Gasteiger charge is 2.18. The summed E-state index contributed by atoms with van der Waals surface area (Å²) in [6.07, 6.45) is 0.717. The third kappa shape index (κ3) is 2.89. The Labute approximate surface area is 131 Å². The molecule has 7 heteroatoms. The fourth-order valence-electron chi connectivity index (χ4n) is 1.98. The highest BCUT2D eigenvalue weighted by molar-refractivity contribution is 7.19. The molecule has 6 nitrogen and oxygen atoms in total. The van der Waals surface area contributed by atoms with Gasteiger partial charge in [0.2, 0.25) is 11.7 Å². The summed E-state index contributed by atoms with van der Waals surface area (Å²) in [5.41, 5.74) is 1.72. The number of amides is 1. The van der Waals surface area contributed by atoms with Crippen LogP contribution in [0, 0.1) is 0 Å². The van der Waals surface area contributed by atoms with Gasteiger partial charge in [0.1, 0.15) is 4.88 Å². The number of thiazole rings is 1. The van der Waals surface area contributed by atoms with Gasteiger partial charge in [-0.2, -0.15) is 4.98 Å². The van der Waals surface area contributed by atoms with Gasteiger partial charge in [-0.15, -0.1) is 0 Å². The fraction of sp³-hybridized carbons (Fsp3) is 0.200. The van der Waals surface area contributed by atoms with Crippen LogP contribution in [0.15, 0.2) is 34.9 Å². The molecular weight excluding hydrogens is 300 g/mol. The number of carbonyl (C=O) groups excluding carboxylic acids is 1. The average Bonchev–Trinajstić information content (AvgIpc) is 3.13. The van der Waals surface area contributed by atoms with Crippen molar-refractivity contribution >= 4 is 22.4 Å². The third-order valence-electron chi connectivity index (χ3n) is 2.97. The van der Waals surface area contributed by atoms with Gasteiger partial charge in [-0.25, -0.2) is 4.98 Å². The lowest BCUT2D eigenvalue weighted by molar-refractivity contribution is -0.114. The third-order valence-corrected chi connectivity index (χ3v) is 3.97. The maximum atomic E-state index is 11.2. The molecule has 0 atom stereocenters. The zero-order valence-corrected chi connectivity index (χ0v) is 13.0. The van der Waals surface area contributed by atoms with E-state index in [1.54, 1.807) is 0 Å². The number of benzene rings is 1. The molecule has 3 aromatic rings. The van der Waals surface area contributed by atoms with Crippen molar-refractivity contribution in [2.24, 2.45) is 0 Å². The Hall–Kier alpha value is -2.54. The number of nitrogens with zero attached hydrogens (tertiary/aromatic N) is 3. The first kappa shape index (κ1) is 14.4. The lowest BCUT2D eigenvalue weighted by atomic mass is 10.2. The Kier molecular flexibility index (Phi) is 3.97. The molecular formula is C15H14N4O2S. The summed E-state index contributed by atoms with van der Waals surface area (Å²) in [6, 6.07) is 9.62. The lowest BCUT2D eigenvalue weighted by Crippen LogP contribution is -2.05. The smallest absolute Gasteiger partial charge is 0.270 e.